The van der Waals surface area contributed by atoms with Crippen LogP contribution in [-0.2, 0) is 9.47 Å². The Morgan fingerprint density at radius 3 is 2.47 bits per heavy atom. The van der Waals surface area contributed by atoms with E-state index in [2.05, 4.69) is 0 Å². The summed E-state index contributed by atoms with van der Waals surface area (Å²) in [6.45, 7) is 2.74. The first kappa shape index (κ1) is 14.4. The average molecular weight is 242 g/mol. The number of rotatable bonds is 5. The summed E-state index contributed by atoms with van der Waals surface area (Å²) in [7, 11) is 1.58. The second-order valence-electron chi connectivity index (χ2n) is 4.19. The second kappa shape index (κ2) is 7.61. The van der Waals surface area contributed by atoms with E-state index in [1.54, 1.807) is 7.11 Å². The average Bonchev–Trinajstić information content (AvgIpc) is 2.31. The molecule has 0 aromatic carbocycles. The molecule has 0 aromatic rings. The number of allylic oxidation sites excluding steroid dienone is 1. The standard InChI is InChI=1S/C13H22O4/c1-3-10-7-12(14)11(13(15)8-10)5-4-6-17-9-16-2/h3,5,12-15H,4,6-9H2,1-2H3/t12-,13-/m1/s1. The Kier molecular flexibility index (Phi) is 6.44. The predicted octanol–water partition coefficient (Wildman–Crippen LogP) is 1.39. The minimum absolute atomic E-state index is 0.275. The maximum Gasteiger partial charge on any atom is 0.146 e. The lowest BCUT2D eigenvalue weighted by atomic mass is 9.85. The van der Waals surface area contributed by atoms with Crippen LogP contribution in [0.1, 0.15) is 26.2 Å². The van der Waals surface area contributed by atoms with Crippen molar-refractivity contribution < 1.29 is 19.7 Å². The summed E-state index contributed by atoms with van der Waals surface area (Å²) in [5, 5.41) is 19.8. The lowest BCUT2D eigenvalue weighted by Gasteiger charge is -2.28. The minimum atomic E-state index is -0.563. The van der Waals surface area contributed by atoms with Crippen molar-refractivity contribution in [1.29, 1.82) is 0 Å². The van der Waals surface area contributed by atoms with E-state index in [-0.39, 0.29) is 6.79 Å². The number of aliphatic hydroxyl groups is 2. The third-order valence-electron chi connectivity index (χ3n) is 2.93. The molecule has 0 saturated heterocycles. The maximum atomic E-state index is 9.91. The lowest BCUT2D eigenvalue weighted by molar-refractivity contribution is -0.0287. The monoisotopic (exact) mass is 242 g/mol. The van der Waals surface area contributed by atoms with Crippen molar-refractivity contribution in [3.05, 3.63) is 23.3 Å². The molecule has 0 spiro atoms. The van der Waals surface area contributed by atoms with Crippen LogP contribution in [0.4, 0.5) is 0 Å². The normalized spacial score (nSPS) is 24.9. The topological polar surface area (TPSA) is 58.9 Å². The fourth-order valence-electron chi connectivity index (χ4n) is 2.00. The number of aliphatic hydroxyl groups excluding tert-OH is 2. The molecule has 0 bridgehead atoms. The van der Waals surface area contributed by atoms with Crippen molar-refractivity contribution in [3.8, 4) is 0 Å². The predicted molar refractivity (Wildman–Crippen MR) is 65.5 cm³/mol. The molecule has 2 atom stereocenters. The van der Waals surface area contributed by atoms with Gasteiger partial charge in [-0.3, -0.25) is 0 Å². The highest BCUT2D eigenvalue weighted by Gasteiger charge is 2.26. The quantitative estimate of drug-likeness (QED) is 0.434. The van der Waals surface area contributed by atoms with Crippen LogP contribution < -0.4 is 0 Å². The molecule has 2 N–H and O–H groups in total. The smallest absolute Gasteiger partial charge is 0.146 e. The minimum Gasteiger partial charge on any atom is -0.388 e. The fraction of sp³-hybridized carbons (Fsp3) is 0.692. The summed E-state index contributed by atoms with van der Waals surface area (Å²) >= 11 is 0. The molecule has 0 amide bonds. The van der Waals surface area contributed by atoms with Gasteiger partial charge in [0.25, 0.3) is 0 Å². The summed E-state index contributed by atoms with van der Waals surface area (Å²) in [4.78, 5) is 0. The van der Waals surface area contributed by atoms with Crippen LogP contribution in [-0.4, -0.2) is 42.9 Å². The summed E-state index contributed by atoms with van der Waals surface area (Å²) in [6, 6.07) is 0. The lowest BCUT2D eigenvalue weighted by Crippen LogP contribution is -2.28. The second-order valence-corrected chi connectivity index (χ2v) is 4.19. The maximum absolute atomic E-state index is 9.91. The summed E-state index contributed by atoms with van der Waals surface area (Å²) in [5.74, 6) is 0. The molecule has 0 unspecified atom stereocenters. The molecule has 1 aliphatic rings. The Bertz CT molecular complexity index is 267. The van der Waals surface area contributed by atoms with Gasteiger partial charge in [0.2, 0.25) is 0 Å². The van der Waals surface area contributed by atoms with Crippen LogP contribution in [0, 0.1) is 0 Å². The van der Waals surface area contributed by atoms with Gasteiger partial charge in [-0.15, -0.1) is 0 Å². The van der Waals surface area contributed by atoms with Crippen LogP contribution in [0.3, 0.4) is 0 Å². The van der Waals surface area contributed by atoms with Gasteiger partial charge in [0.15, 0.2) is 0 Å². The van der Waals surface area contributed by atoms with Gasteiger partial charge in [0, 0.05) is 7.11 Å². The summed E-state index contributed by atoms with van der Waals surface area (Å²) in [5.41, 5.74) is 1.83. The first-order chi connectivity index (χ1) is 8.19. The number of ether oxygens (including phenoxy) is 2. The van der Waals surface area contributed by atoms with Gasteiger partial charge < -0.3 is 19.7 Å². The SMILES string of the molecule is CC=C1C[C@@H](O)C(=CCCOCOC)[C@H](O)C1. The van der Waals surface area contributed by atoms with E-state index in [4.69, 9.17) is 9.47 Å². The van der Waals surface area contributed by atoms with E-state index >= 15 is 0 Å². The molecule has 1 fully saturated rings. The van der Waals surface area contributed by atoms with E-state index in [0.29, 0.717) is 25.9 Å². The Hall–Kier alpha value is -0.680. The zero-order chi connectivity index (χ0) is 12.7. The summed E-state index contributed by atoms with van der Waals surface area (Å²) in [6.07, 6.45) is 4.64. The zero-order valence-electron chi connectivity index (χ0n) is 10.6. The Morgan fingerprint density at radius 2 is 1.94 bits per heavy atom. The molecule has 17 heavy (non-hydrogen) atoms. The first-order valence-electron chi connectivity index (χ1n) is 5.95. The molecule has 0 radical (unpaired) electrons. The van der Waals surface area contributed by atoms with Gasteiger partial charge in [-0.1, -0.05) is 17.7 Å². The largest absolute Gasteiger partial charge is 0.388 e. The van der Waals surface area contributed by atoms with Gasteiger partial charge in [-0.2, -0.15) is 0 Å². The van der Waals surface area contributed by atoms with E-state index in [1.165, 1.54) is 0 Å². The molecular formula is C13H22O4. The molecule has 1 rings (SSSR count). The molecule has 0 aromatic heterocycles. The molecule has 0 aliphatic heterocycles. The molecule has 4 heteroatoms. The molecule has 1 saturated carbocycles. The van der Waals surface area contributed by atoms with Gasteiger partial charge in [0.05, 0.1) is 18.8 Å². The van der Waals surface area contributed by atoms with Crippen LogP contribution in [0.5, 0.6) is 0 Å². The van der Waals surface area contributed by atoms with Crippen molar-refractivity contribution in [2.24, 2.45) is 0 Å². The van der Waals surface area contributed by atoms with Gasteiger partial charge in [-0.25, -0.2) is 0 Å². The van der Waals surface area contributed by atoms with E-state index in [1.807, 2.05) is 19.1 Å². The van der Waals surface area contributed by atoms with Crippen molar-refractivity contribution >= 4 is 0 Å². The number of hydrogen-bond acceptors (Lipinski definition) is 4. The highest BCUT2D eigenvalue weighted by Crippen LogP contribution is 2.28. The van der Waals surface area contributed by atoms with Crippen molar-refractivity contribution in [2.75, 3.05) is 20.5 Å². The molecule has 4 nitrogen and oxygen atoms in total. The number of methoxy groups -OCH3 is 1. The molecule has 98 valence electrons. The van der Waals surface area contributed by atoms with E-state index < -0.39 is 12.2 Å². The third-order valence-corrected chi connectivity index (χ3v) is 2.93. The Labute approximate surface area is 103 Å². The molecular weight excluding hydrogens is 220 g/mol. The van der Waals surface area contributed by atoms with E-state index in [0.717, 1.165) is 11.1 Å². The highest BCUT2D eigenvalue weighted by molar-refractivity contribution is 5.25. The van der Waals surface area contributed by atoms with E-state index in [9.17, 15) is 10.2 Å². The Morgan fingerprint density at radius 1 is 1.29 bits per heavy atom. The number of hydrogen-bond donors (Lipinski definition) is 2. The fourth-order valence-corrected chi connectivity index (χ4v) is 2.00. The van der Waals surface area contributed by atoms with Gasteiger partial charge >= 0.3 is 0 Å². The third kappa shape index (κ3) is 4.60. The van der Waals surface area contributed by atoms with Crippen LogP contribution in [0.2, 0.25) is 0 Å². The zero-order valence-corrected chi connectivity index (χ0v) is 10.6. The molecule has 0 heterocycles. The van der Waals surface area contributed by atoms with Gasteiger partial charge in [-0.05, 0) is 31.8 Å². The highest BCUT2D eigenvalue weighted by atomic mass is 16.7. The van der Waals surface area contributed by atoms with Crippen LogP contribution in [0.15, 0.2) is 23.3 Å². The van der Waals surface area contributed by atoms with Crippen molar-refractivity contribution in [3.63, 3.8) is 0 Å². The Balaban J connectivity index is 2.44. The molecule has 1 aliphatic carbocycles. The van der Waals surface area contributed by atoms with Crippen LogP contribution in [0.25, 0.3) is 0 Å². The van der Waals surface area contributed by atoms with Crippen LogP contribution >= 0.6 is 0 Å². The van der Waals surface area contributed by atoms with Crippen molar-refractivity contribution in [2.45, 2.75) is 38.4 Å². The van der Waals surface area contributed by atoms with Gasteiger partial charge in [0.1, 0.15) is 6.79 Å². The van der Waals surface area contributed by atoms with Crippen molar-refractivity contribution in [1.82, 2.24) is 0 Å². The first-order valence-corrected chi connectivity index (χ1v) is 5.95. The summed E-state index contributed by atoms with van der Waals surface area (Å²) < 4.78 is 9.90.